The number of nitrogens with zero attached hydrogens (tertiary/aromatic N) is 2. The standard InChI is InChI=1S/C39H32F6N2O2S/c1-27(47(35(48)50)34-24-32(38(40,41)42)22-23-33(34)39(43,44)45)46-26-36(28-14-6-2-7-15-28,29-16-8-3-9-17-29)25-37(49-46,30-18-10-4-11-19-30)31-20-12-5-13-21-31/h2-24,27H,25-26H2,1H3,(H,48,50). The molecular formula is C39H32F6N2O2S. The highest BCUT2D eigenvalue weighted by atomic mass is 32.1. The smallest absolute Gasteiger partial charge is 0.285 e. The highest BCUT2D eigenvalue weighted by Gasteiger charge is 2.54. The van der Waals surface area contributed by atoms with E-state index in [-0.39, 0.29) is 6.54 Å². The molecule has 4 nitrogen and oxygen atoms in total. The van der Waals surface area contributed by atoms with Crippen LogP contribution in [0.25, 0.3) is 0 Å². The molecule has 1 atom stereocenters. The molecule has 0 spiro atoms. The second-order valence-electron chi connectivity index (χ2n) is 12.2. The zero-order valence-electron chi connectivity index (χ0n) is 26.7. The Labute approximate surface area is 291 Å². The number of hydrogen-bond acceptors (Lipinski definition) is 3. The molecule has 1 amide bonds. The van der Waals surface area contributed by atoms with Crippen LogP contribution in [0.5, 0.6) is 0 Å². The van der Waals surface area contributed by atoms with Crippen LogP contribution in [0.15, 0.2) is 140 Å². The molecule has 1 saturated heterocycles. The molecule has 6 rings (SSSR count). The first-order chi connectivity index (χ1) is 23.8. The van der Waals surface area contributed by atoms with Gasteiger partial charge in [-0.25, -0.2) is 0 Å². The molecule has 1 fully saturated rings. The maximum Gasteiger partial charge on any atom is 0.418 e. The van der Waals surface area contributed by atoms with Gasteiger partial charge in [0.25, 0.3) is 5.24 Å². The molecule has 0 aliphatic carbocycles. The van der Waals surface area contributed by atoms with Gasteiger partial charge in [0.1, 0.15) is 11.8 Å². The number of thiol groups is 1. The Morgan fingerprint density at radius 3 is 1.54 bits per heavy atom. The number of amides is 1. The first-order valence-corrected chi connectivity index (χ1v) is 16.2. The fourth-order valence-electron chi connectivity index (χ4n) is 6.92. The maximum absolute atomic E-state index is 14.4. The van der Waals surface area contributed by atoms with Crippen molar-refractivity contribution in [2.75, 3.05) is 11.4 Å². The molecule has 0 aromatic heterocycles. The highest BCUT2D eigenvalue weighted by Crippen LogP contribution is 2.53. The van der Waals surface area contributed by atoms with Crippen molar-refractivity contribution in [2.45, 2.75) is 42.9 Å². The monoisotopic (exact) mass is 706 g/mol. The predicted molar refractivity (Wildman–Crippen MR) is 183 cm³/mol. The van der Waals surface area contributed by atoms with Gasteiger partial charge in [0, 0.05) is 18.4 Å². The van der Waals surface area contributed by atoms with Crippen LogP contribution in [0.4, 0.5) is 36.8 Å². The van der Waals surface area contributed by atoms with Crippen LogP contribution < -0.4 is 4.90 Å². The predicted octanol–water partition coefficient (Wildman–Crippen LogP) is 10.5. The van der Waals surface area contributed by atoms with E-state index < -0.39 is 51.6 Å². The van der Waals surface area contributed by atoms with E-state index in [4.69, 9.17) is 4.84 Å². The summed E-state index contributed by atoms with van der Waals surface area (Å²) < 4.78 is 85.1. The number of benzene rings is 5. The number of halogens is 6. The molecule has 11 heteroatoms. The lowest BCUT2D eigenvalue weighted by molar-refractivity contribution is -0.291. The number of alkyl halides is 6. The van der Waals surface area contributed by atoms with Gasteiger partial charge < -0.3 is 0 Å². The molecule has 0 bridgehead atoms. The quantitative estimate of drug-likeness (QED) is 0.135. The van der Waals surface area contributed by atoms with Gasteiger partial charge in [-0.3, -0.25) is 14.5 Å². The van der Waals surface area contributed by atoms with E-state index in [2.05, 4.69) is 12.6 Å². The summed E-state index contributed by atoms with van der Waals surface area (Å²) in [6, 6.07) is 38.8. The molecule has 0 N–H and O–H groups in total. The Balaban J connectivity index is 1.63. The van der Waals surface area contributed by atoms with Gasteiger partial charge >= 0.3 is 12.4 Å². The second kappa shape index (κ2) is 13.6. The third kappa shape index (κ3) is 6.65. The fourth-order valence-corrected chi connectivity index (χ4v) is 7.19. The molecule has 258 valence electrons. The van der Waals surface area contributed by atoms with Crippen molar-refractivity contribution in [1.29, 1.82) is 0 Å². The van der Waals surface area contributed by atoms with Crippen LogP contribution in [-0.4, -0.2) is 23.0 Å². The summed E-state index contributed by atoms with van der Waals surface area (Å²) in [5.74, 6) is 0. The van der Waals surface area contributed by atoms with Gasteiger partial charge in [-0.1, -0.05) is 134 Å². The first-order valence-electron chi connectivity index (χ1n) is 15.7. The van der Waals surface area contributed by atoms with E-state index in [1.807, 2.05) is 121 Å². The van der Waals surface area contributed by atoms with E-state index in [1.165, 1.54) is 12.0 Å². The fraction of sp³-hybridized carbons (Fsp3) is 0.205. The maximum atomic E-state index is 14.4. The Morgan fingerprint density at radius 1 is 0.700 bits per heavy atom. The average Bonchev–Trinajstić information content (AvgIpc) is 3.12. The molecule has 0 saturated carbocycles. The second-order valence-corrected chi connectivity index (χ2v) is 12.6. The minimum absolute atomic E-state index is 0.00147. The summed E-state index contributed by atoms with van der Waals surface area (Å²) >= 11 is 3.94. The van der Waals surface area contributed by atoms with E-state index in [1.54, 1.807) is 0 Å². The third-order valence-electron chi connectivity index (χ3n) is 9.27. The van der Waals surface area contributed by atoms with E-state index >= 15 is 0 Å². The summed E-state index contributed by atoms with van der Waals surface area (Å²) in [7, 11) is 0. The number of hydroxylamine groups is 2. The van der Waals surface area contributed by atoms with Crippen LogP contribution in [-0.2, 0) is 28.2 Å². The van der Waals surface area contributed by atoms with Gasteiger partial charge in [0.15, 0.2) is 0 Å². The average molecular weight is 707 g/mol. The molecule has 1 unspecified atom stereocenters. The largest absolute Gasteiger partial charge is 0.418 e. The molecule has 5 aromatic carbocycles. The van der Waals surface area contributed by atoms with Crippen molar-refractivity contribution in [2.24, 2.45) is 0 Å². The Bertz CT molecular complexity index is 1750. The van der Waals surface area contributed by atoms with Gasteiger partial charge in [0.05, 0.1) is 16.8 Å². The zero-order valence-corrected chi connectivity index (χ0v) is 27.6. The van der Waals surface area contributed by atoms with Crippen LogP contribution in [0.2, 0.25) is 0 Å². The molecule has 1 heterocycles. The normalized spacial score (nSPS) is 16.8. The highest BCUT2D eigenvalue weighted by molar-refractivity contribution is 7.96. The molecule has 5 aromatic rings. The third-order valence-corrected chi connectivity index (χ3v) is 9.48. The summed E-state index contributed by atoms with van der Waals surface area (Å²) in [5, 5.41) is 0.199. The molecular weight excluding hydrogens is 674 g/mol. The van der Waals surface area contributed by atoms with Crippen LogP contribution >= 0.6 is 12.6 Å². The number of carbonyl (C=O) groups excluding carboxylic acids is 1. The Hall–Kier alpha value is -4.58. The number of hydrogen-bond donors (Lipinski definition) is 1. The molecule has 50 heavy (non-hydrogen) atoms. The molecule has 0 radical (unpaired) electrons. The van der Waals surface area contributed by atoms with Crippen molar-refractivity contribution in [3.05, 3.63) is 173 Å². The SMILES string of the molecule is CC(N1CC(c2ccccc2)(c2ccccc2)CC(c2ccccc2)(c2ccccc2)O1)N(C(=O)S)c1cc(C(F)(F)F)ccc1C(F)(F)F. The van der Waals surface area contributed by atoms with Crippen molar-refractivity contribution in [1.82, 2.24) is 5.06 Å². The Kier molecular flexibility index (Phi) is 9.60. The zero-order chi connectivity index (χ0) is 35.7. The first kappa shape index (κ1) is 35.3. The van der Waals surface area contributed by atoms with Crippen LogP contribution in [0.1, 0.15) is 46.7 Å². The number of anilines is 1. The summed E-state index contributed by atoms with van der Waals surface area (Å²) in [6.45, 7) is 1.42. The summed E-state index contributed by atoms with van der Waals surface area (Å²) in [6.07, 6.45) is -11.2. The van der Waals surface area contributed by atoms with Crippen LogP contribution in [0.3, 0.4) is 0 Å². The minimum atomic E-state index is -5.10. The van der Waals surface area contributed by atoms with Crippen molar-refractivity contribution < 1.29 is 36.0 Å². The minimum Gasteiger partial charge on any atom is -0.285 e. The van der Waals surface area contributed by atoms with Crippen LogP contribution in [0, 0.1) is 0 Å². The van der Waals surface area contributed by atoms with Crippen molar-refractivity contribution in [3.63, 3.8) is 0 Å². The lowest BCUT2D eigenvalue weighted by atomic mass is 9.64. The number of carbonyl (C=O) groups is 1. The summed E-state index contributed by atoms with van der Waals surface area (Å²) in [5.41, 5.74) is -2.83. The van der Waals surface area contributed by atoms with Gasteiger partial charge in [-0.05, 0) is 47.4 Å². The topological polar surface area (TPSA) is 32.8 Å². The van der Waals surface area contributed by atoms with E-state index in [0.717, 1.165) is 22.3 Å². The lowest BCUT2D eigenvalue weighted by Crippen LogP contribution is -2.61. The van der Waals surface area contributed by atoms with Gasteiger partial charge in [-0.2, -0.15) is 31.4 Å². The van der Waals surface area contributed by atoms with Crippen molar-refractivity contribution in [3.8, 4) is 0 Å². The molecule has 1 aliphatic heterocycles. The summed E-state index contributed by atoms with van der Waals surface area (Å²) in [4.78, 5) is 20.9. The number of rotatable bonds is 7. The van der Waals surface area contributed by atoms with E-state index in [9.17, 15) is 31.1 Å². The van der Waals surface area contributed by atoms with Crippen molar-refractivity contribution >= 4 is 23.6 Å². The molecule has 1 aliphatic rings. The van der Waals surface area contributed by atoms with E-state index in [0.29, 0.717) is 29.5 Å². The van der Waals surface area contributed by atoms with Gasteiger partial charge in [-0.15, -0.1) is 0 Å². The van der Waals surface area contributed by atoms with Gasteiger partial charge in [0.2, 0.25) is 0 Å². The lowest BCUT2D eigenvalue weighted by Gasteiger charge is -2.55. The Morgan fingerprint density at radius 2 is 1.14 bits per heavy atom.